The van der Waals surface area contributed by atoms with Crippen molar-refractivity contribution in [3.05, 3.63) is 47.8 Å². The van der Waals surface area contributed by atoms with Crippen LogP contribution >= 0.6 is 0 Å². The standard InChI is InChI=1S/C28H39N3/c1-3-5-7-8-10-23-20-30-27(31-21-23)26-13-11-24(12-14-26)25-15-18-28(22-29,19-16-25)17-9-6-4-2/h11-14,20-21,25H,3-10,15-19H2,1-2H3. The Morgan fingerprint density at radius 2 is 1.55 bits per heavy atom. The van der Waals surface area contributed by atoms with Gasteiger partial charge >= 0.3 is 0 Å². The minimum absolute atomic E-state index is 0.0717. The SMILES string of the molecule is CCCCCCc1cnc(-c2ccc(C3CCC(C#N)(CCCCC)CC3)cc2)nc1. The molecule has 1 aliphatic rings. The van der Waals surface area contributed by atoms with E-state index in [4.69, 9.17) is 0 Å². The first-order valence-electron chi connectivity index (χ1n) is 12.5. The lowest BCUT2D eigenvalue weighted by atomic mass is 9.67. The van der Waals surface area contributed by atoms with Gasteiger partial charge in [0.1, 0.15) is 0 Å². The molecule has 3 heteroatoms. The fourth-order valence-corrected chi connectivity index (χ4v) is 4.93. The molecule has 0 unspecified atom stereocenters. The quantitative estimate of drug-likeness (QED) is 0.348. The van der Waals surface area contributed by atoms with Crippen LogP contribution in [0.3, 0.4) is 0 Å². The molecule has 0 bridgehead atoms. The van der Waals surface area contributed by atoms with Crippen molar-refractivity contribution >= 4 is 0 Å². The Kier molecular flexibility index (Phi) is 9.07. The van der Waals surface area contributed by atoms with Gasteiger partial charge in [-0.1, -0.05) is 76.6 Å². The molecule has 0 radical (unpaired) electrons. The summed E-state index contributed by atoms with van der Waals surface area (Å²) in [5.74, 6) is 1.39. The summed E-state index contributed by atoms with van der Waals surface area (Å²) in [6.07, 6.45) is 19.2. The molecule has 31 heavy (non-hydrogen) atoms. The molecular weight excluding hydrogens is 378 g/mol. The Morgan fingerprint density at radius 3 is 2.16 bits per heavy atom. The normalized spacial score (nSPS) is 21.0. The molecule has 0 amide bonds. The van der Waals surface area contributed by atoms with Gasteiger partial charge in [0.15, 0.2) is 5.82 Å². The second kappa shape index (κ2) is 12.0. The third-order valence-corrected chi connectivity index (χ3v) is 7.10. The highest BCUT2D eigenvalue weighted by molar-refractivity contribution is 5.55. The zero-order valence-corrected chi connectivity index (χ0v) is 19.6. The molecule has 0 aliphatic heterocycles. The van der Waals surface area contributed by atoms with Crippen molar-refractivity contribution in [2.24, 2.45) is 5.41 Å². The predicted octanol–water partition coefficient (Wildman–Crippen LogP) is 8.01. The molecule has 0 N–H and O–H groups in total. The first kappa shape index (κ1) is 23.5. The molecular formula is C28H39N3. The second-order valence-electron chi connectivity index (χ2n) is 9.47. The molecule has 166 valence electrons. The van der Waals surface area contributed by atoms with Crippen LogP contribution in [0, 0.1) is 16.7 Å². The van der Waals surface area contributed by atoms with E-state index in [-0.39, 0.29) is 5.41 Å². The van der Waals surface area contributed by atoms with Crippen LogP contribution in [0.25, 0.3) is 11.4 Å². The first-order valence-corrected chi connectivity index (χ1v) is 12.5. The van der Waals surface area contributed by atoms with Gasteiger partial charge in [0.05, 0.1) is 11.5 Å². The number of nitriles is 1. The summed E-state index contributed by atoms with van der Waals surface area (Å²) in [6.45, 7) is 4.47. The summed E-state index contributed by atoms with van der Waals surface area (Å²) in [5.41, 5.74) is 3.65. The van der Waals surface area contributed by atoms with Crippen LogP contribution in [0.4, 0.5) is 0 Å². The Labute approximate surface area is 189 Å². The number of benzene rings is 1. The molecule has 1 heterocycles. The molecule has 0 saturated heterocycles. The molecule has 3 nitrogen and oxygen atoms in total. The molecule has 1 aliphatic carbocycles. The van der Waals surface area contributed by atoms with E-state index in [9.17, 15) is 5.26 Å². The van der Waals surface area contributed by atoms with Crippen molar-refractivity contribution in [1.82, 2.24) is 9.97 Å². The van der Waals surface area contributed by atoms with Crippen LogP contribution in [-0.2, 0) is 6.42 Å². The van der Waals surface area contributed by atoms with E-state index in [1.165, 1.54) is 56.1 Å². The fraction of sp³-hybridized carbons (Fsp3) is 0.607. The summed E-state index contributed by atoms with van der Waals surface area (Å²) in [4.78, 5) is 9.22. The van der Waals surface area contributed by atoms with Crippen molar-refractivity contribution in [3.63, 3.8) is 0 Å². The molecule has 1 aromatic carbocycles. The molecule has 1 saturated carbocycles. The van der Waals surface area contributed by atoms with E-state index in [1.807, 2.05) is 12.4 Å². The smallest absolute Gasteiger partial charge is 0.159 e. The van der Waals surface area contributed by atoms with Crippen molar-refractivity contribution in [2.75, 3.05) is 0 Å². The number of aryl methyl sites for hydroxylation is 1. The summed E-state index contributed by atoms with van der Waals surface area (Å²) in [5, 5.41) is 9.79. The zero-order valence-electron chi connectivity index (χ0n) is 19.6. The zero-order chi connectivity index (χ0) is 21.9. The monoisotopic (exact) mass is 417 g/mol. The largest absolute Gasteiger partial charge is 0.236 e. The van der Waals surface area contributed by atoms with Crippen molar-refractivity contribution in [2.45, 2.75) is 103 Å². The highest BCUT2D eigenvalue weighted by Gasteiger charge is 2.35. The van der Waals surface area contributed by atoms with Crippen LogP contribution in [0.5, 0.6) is 0 Å². The Balaban J connectivity index is 1.54. The number of hydrogen-bond donors (Lipinski definition) is 0. The molecule has 2 aromatic rings. The van der Waals surface area contributed by atoms with E-state index in [2.05, 4.69) is 54.2 Å². The summed E-state index contributed by atoms with van der Waals surface area (Å²) >= 11 is 0. The van der Waals surface area contributed by atoms with Gasteiger partial charge in [0.25, 0.3) is 0 Å². The summed E-state index contributed by atoms with van der Waals surface area (Å²) in [6, 6.07) is 11.5. The molecule has 1 fully saturated rings. The Morgan fingerprint density at radius 1 is 0.903 bits per heavy atom. The van der Waals surface area contributed by atoms with Gasteiger partial charge in [-0.2, -0.15) is 5.26 Å². The van der Waals surface area contributed by atoms with E-state index in [0.717, 1.165) is 49.9 Å². The summed E-state index contributed by atoms with van der Waals surface area (Å²) < 4.78 is 0. The van der Waals surface area contributed by atoms with Crippen molar-refractivity contribution in [1.29, 1.82) is 5.26 Å². The van der Waals surface area contributed by atoms with Crippen LogP contribution < -0.4 is 0 Å². The third kappa shape index (κ3) is 6.63. The van der Waals surface area contributed by atoms with E-state index in [1.54, 1.807) is 0 Å². The van der Waals surface area contributed by atoms with E-state index < -0.39 is 0 Å². The number of aromatic nitrogens is 2. The minimum Gasteiger partial charge on any atom is -0.236 e. The predicted molar refractivity (Wildman–Crippen MR) is 129 cm³/mol. The molecule has 0 atom stereocenters. The van der Waals surface area contributed by atoms with Crippen LogP contribution in [0.2, 0.25) is 0 Å². The second-order valence-corrected chi connectivity index (χ2v) is 9.47. The average molecular weight is 418 g/mol. The highest BCUT2D eigenvalue weighted by atomic mass is 14.9. The van der Waals surface area contributed by atoms with Gasteiger partial charge in [-0.3, -0.25) is 0 Å². The number of unbranched alkanes of at least 4 members (excludes halogenated alkanes) is 5. The van der Waals surface area contributed by atoms with Crippen LogP contribution in [0.1, 0.15) is 108 Å². The molecule has 0 spiro atoms. The lowest BCUT2D eigenvalue weighted by molar-refractivity contribution is 0.223. The van der Waals surface area contributed by atoms with E-state index in [0.29, 0.717) is 5.92 Å². The number of nitrogens with zero attached hydrogens (tertiary/aromatic N) is 3. The lowest BCUT2D eigenvalue weighted by Crippen LogP contribution is -2.25. The van der Waals surface area contributed by atoms with Gasteiger partial charge in [-0.15, -0.1) is 0 Å². The van der Waals surface area contributed by atoms with E-state index >= 15 is 0 Å². The van der Waals surface area contributed by atoms with Crippen molar-refractivity contribution in [3.8, 4) is 17.5 Å². The average Bonchev–Trinajstić information content (AvgIpc) is 2.83. The Bertz CT molecular complexity index is 809. The first-order chi connectivity index (χ1) is 15.2. The maximum absolute atomic E-state index is 9.79. The Hall–Kier alpha value is -2.21. The number of rotatable bonds is 11. The summed E-state index contributed by atoms with van der Waals surface area (Å²) in [7, 11) is 0. The molecule has 3 rings (SSSR count). The van der Waals surface area contributed by atoms with Crippen molar-refractivity contribution < 1.29 is 0 Å². The maximum atomic E-state index is 9.79. The topological polar surface area (TPSA) is 49.6 Å². The molecule has 1 aromatic heterocycles. The van der Waals surface area contributed by atoms with Crippen LogP contribution in [0.15, 0.2) is 36.7 Å². The van der Waals surface area contributed by atoms with Crippen LogP contribution in [-0.4, -0.2) is 9.97 Å². The third-order valence-electron chi connectivity index (χ3n) is 7.10. The lowest BCUT2D eigenvalue weighted by Gasteiger charge is -2.35. The van der Waals surface area contributed by atoms with Gasteiger partial charge < -0.3 is 0 Å². The van der Waals surface area contributed by atoms with Gasteiger partial charge in [-0.05, 0) is 62.0 Å². The number of hydrogen-bond acceptors (Lipinski definition) is 3. The fourth-order valence-electron chi connectivity index (χ4n) is 4.93. The van der Waals surface area contributed by atoms with Gasteiger partial charge in [0, 0.05) is 18.0 Å². The minimum atomic E-state index is -0.0717. The highest BCUT2D eigenvalue weighted by Crippen LogP contribution is 2.45. The maximum Gasteiger partial charge on any atom is 0.159 e. The van der Waals surface area contributed by atoms with Gasteiger partial charge in [-0.25, -0.2) is 9.97 Å². The van der Waals surface area contributed by atoms with Gasteiger partial charge in [0.2, 0.25) is 0 Å².